The maximum Gasteiger partial charge on any atom is 0.253 e. The molecule has 454 valence electrons. The van der Waals surface area contributed by atoms with Crippen LogP contribution in [0.25, 0.3) is 0 Å². The highest BCUT2D eigenvalue weighted by molar-refractivity contribution is 6.12. The molecule has 0 aromatic heterocycles. The Labute approximate surface area is 464 Å². The number of nitrogens with zero attached hydrogens (tertiary/aromatic N) is 1. The molecule has 25 heteroatoms. The van der Waals surface area contributed by atoms with Crippen LogP contribution < -0.4 is 26.6 Å². The third-order valence-electron chi connectivity index (χ3n) is 13.6. The first-order valence-electron chi connectivity index (χ1n) is 28.7. The summed E-state index contributed by atoms with van der Waals surface area (Å²) in [6, 6.07) is -0.524. The molecule has 10 atom stereocenters. The molecule has 2 fully saturated rings. The fourth-order valence-electron chi connectivity index (χ4n) is 8.95. The molecule has 3 aliphatic rings. The normalized spacial score (nSPS) is 22.9. The van der Waals surface area contributed by atoms with Gasteiger partial charge in [0.1, 0.15) is 30.8 Å². The largest absolute Gasteiger partial charge is 0.394 e. The van der Waals surface area contributed by atoms with Crippen molar-refractivity contribution in [3.63, 3.8) is 0 Å². The van der Waals surface area contributed by atoms with Gasteiger partial charge in [0.2, 0.25) is 23.6 Å². The number of aliphatic hydroxyl groups excluding tert-OH is 6. The maximum atomic E-state index is 13.0. The van der Waals surface area contributed by atoms with Crippen LogP contribution in [0.1, 0.15) is 141 Å². The van der Waals surface area contributed by atoms with Gasteiger partial charge < -0.3 is 85.1 Å². The summed E-state index contributed by atoms with van der Waals surface area (Å²) in [5, 5.41) is 73.2. The second kappa shape index (κ2) is 42.7. The van der Waals surface area contributed by atoms with Crippen LogP contribution in [-0.2, 0) is 62.0 Å². The molecule has 0 bridgehead atoms. The standard InChI is InChI=1S/C54H94N6O19/c61-34-39-32-51(78-42(35-62)53(39)72)76-28-12-9-16-44(65)55-23-14-25-57-46(67)21-30-74-37-40(59-48(69)18-8-6-4-2-1-3-5-7-11-27-60-49(70)19-20-50(60)71)38-75-31-22-47(68)58-26-15-24-56-45(66)17-10-13-29-77-52-33-41(64)54(73)43(36-63)79-52/h19-20,34,39-43,45,51-54,56,62-64,66,72-73H,1-18,21-33,35-38H2,(H,55,65)(H,57,67)(H,58,68)(H,59,69)/t39-,40?,41+,42+,43+,45?,51+,52+,53+,54+/m0/s1. The minimum Gasteiger partial charge on any atom is -0.394 e. The van der Waals surface area contributed by atoms with E-state index in [4.69, 9.17) is 28.4 Å². The molecule has 0 radical (unpaired) electrons. The first-order valence-corrected chi connectivity index (χ1v) is 28.7. The van der Waals surface area contributed by atoms with E-state index in [0.717, 1.165) is 51.4 Å². The first-order chi connectivity index (χ1) is 38.2. The number of unbranched alkanes of at least 4 members (excludes halogenated alkanes) is 10. The van der Waals surface area contributed by atoms with Crippen molar-refractivity contribution in [3.05, 3.63) is 12.2 Å². The number of imide groups is 1. The highest BCUT2D eigenvalue weighted by Gasteiger charge is 2.38. The zero-order chi connectivity index (χ0) is 57.5. The van der Waals surface area contributed by atoms with E-state index in [-0.39, 0.29) is 101 Å². The van der Waals surface area contributed by atoms with Gasteiger partial charge in [-0.25, -0.2) is 0 Å². The van der Waals surface area contributed by atoms with E-state index >= 15 is 0 Å². The first kappa shape index (κ1) is 69.2. The lowest BCUT2D eigenvalue weighted by Crippen LogP contribution is -2.50. The summed E-state index contributed by atoms with van der Waals surface area (Å²) in [4.78, 5) is 86.2. The van der Waals surface area contributed by atoms with Crippen LogP contribution in [0.3, 0.4) is 0 Å². The van der Waals surface area contributed by atoms with Gasteiger partial charge in [0.25, 0.3) is 11.8 Å². The highest BCUT2D eigenvalue weighted by Crippen LogP contribution is 2.25. The Kier molecular flexibility index (Phi) is 37.4. The fourth-order valence-corrected chi connectivity index (χ4v) is 8.95. The van der Waals surface area contributed by atoms with Crippen molar-refractivity contribution in [1.29, 1.82) is 0 Å². The van der Waals surface area contributed by atoms with Crippen LogP contribution in [0.5, 0.6) is 0 Å². The van der Waals surface area contributed by atoms with Gasteiger partial charge in [0.15, 0.2) is 12.6 Å². The lowest BCUT2D eigenvalue weighted by Gasteiger charge is -2.36. The van der Waals surface area contributed by atoms with Crippen LogP contribution in [0.15, 0.2) is 12.2 Å². The summed E-state index contributed by atoms with van der Waals surface area (Å²) in [5.41, 5.74) is 0. The van der Waals surface area contributed by atoms with E-state index in [9.17, 15) is 64.2 Å². The minimum absolute atomic E-state index is 0.0754. The van der Waals surface area contributed by atoms with E-state index in [0.29, 0.717) is 103 Å². The molecule has 11 N–H and O–H groups in total. The summed E-state index contributed by atoms with van der Waals surface area (Å²) in [5.74, 6) is -1.92. The Morgan fingerprint density at radius 1 is 0.595 bits per heavy atom. The highest BCUT2D eigenvalue weighted by atomic mass is 16.7. The van der Waals surface area contributed by atoms with Crippen molar-refractivity contribution in [2.24, 2.45) is 5.92 Å². The molecule has 0 aliphatic carbocycles. The topological polar surface area (TPSA) is 360 Å². The van der Waals surface area contributed by atoms with Crippen LogP contribution >= 0.6 is 0 Å². The molecular formula is C54H94N6O19. The van der Waals surface area contributed by atoms with Crippen molar-refractivity contribution in [1.82, 2.24) is 31.5 Å². The predicted octanol–water partition coefficient (Wildman–Crippen LogP) is -0.366. The Bertz CT molecular complexity index is 1750. The maximum absolute atomic E-state index is 13.0. The number of nitrogens with one attached hydrogen (secondary N) is 5. The van der Waals surface area contributed by atoms with Crippen LogP contribution in [0, 0.1) is 5.92 Å². The Morgan fingerprint density at radius 2 is 1.08 bits per heavy atom. The van der Waals surface area contributed by atoms with Gasteiger partial charge in [-0.1, -0.05) is 44.9 Å². The van der Waals surface area contributed by atoms with Crippen LogP contribution in [-0.4, -0.2) is 218 Å². The van der Waals surface area contributed by atoms with Crippen molar-refractivity contribution < 1.29 is 92.6 Å². The Morgan fingerprint density at radius 3 is 1.65 bits per heavy atom. The monoisotopic (exact) mass is 1130 g/mol. The minimum atomic E-state index is -1.17. The number of ether oxygens (including phenoxy) is 6. The van der Waals surface area contributed by atoms with Crippen molar-refractivity contribution >= 4 is 41.7 Å². The molecule has 0 saturated carbocycles. The second-order valence-electron chi connectivity index (χ2n) is 20.3. The van der Waals surface area contributed by atoms with E-state index in [1.807, 2.05) is 0 Å². The number of amides is 6. The summed E-state index contributed by atoms with van der Waals surface area (Å²) in [6.07, 6.45) is 9.52. The molecule has 2 unspecified atom stereocenters. The van der Waals surface area contributed by atoms with Gasteiger partial charge >= 0.3 is 0 Å². The zero-order valence-corrected chi connectivity index (χ0v) is 46.2. The van der Waals surface area contributed by atoms with E-state index < -0.39 is 74.5 Å². The van der Waals surface area contributed by atoms with Crippen molar-refractivity contribution in [3.8, 4) is 0 Å². The van der Waals surface area contributed by atoms with Gasteiger partial charge in [-0.15, -0.1) is 0 Å². The summed E-state index contributed by atoms with van der Waals surface area (Å²) >= 11 is 0. The molecule has 0 spiro atoms. The molecule has 3 heterocycles. The molecule has 79 heavy (non-hydrogen) atoms. The molecule has 3 aliphatic heterocycles. The lowest BCUT2D eigenvalue weighted by molar-refractivity contribution is -0.256. The average Bonchev–Trinajstić information content (AvgIpc) is 3.77. The summed E-state index contributed by atoms with van der Waals surface area (Å²) in [7, 11) is 0. The van der Waals surface area contributed by atoms with Gasteiger partial charge in [0, 0.05) is 96.0 Å². The summed E-state index contributed by atoms with van der Waals surface area (Å²) < 4.78 is 33.8. The number of aliphatic hydroxyl groups is 6. The molecule has 0 aromatic rings. The molecular weight excluding hydrogens is 1040 g/mol. The smallest absolute Gasteiger partial charge is 0.253 e. The fraction of sp³-hybridized carbons (Fsp3) is 0.833. The summed E-state index contributed by atoms with van der Waals surface area (Å²) in [6.45, 7) is 2.12. The molecule has 6 amide bonds. The number of carbonyl (C=O) groups is 7. The lowest BCUT2D eigenvalue weighted by atomic mass is 9.93. The number of aldehydes is 1. The SMILES string of the molecule is O=C[C@@H]1C[C@H](OCCCCC(=O)NCCCNC(=O)CCOCC(COCCC(=O)NCCCNC(O)CCCCO[C@H]2C[C@@H](O)[C@@H](O)[C@@H](CO)O2)NC(=O)CCCCCCCCCCCN2C(=O)C=CC2=O)O[C@H](CO)[C@@H]1O. The Balaban J connectivity index is 1.24. The molecule has 2 saturated heterocycles. The number of carbonyl (C=O) groups excluding carboxylic acids is 7. The number of hydrogen-bond donors (Lipinski definition) is 11. The second-order valence-corrected chi connectivity index (χ2v) is 20.3. The van der Waals surface area contributed by atoms with Crippen LogP contribution in [0.4, 0.5) is 0 Å². The van der Waals surface area contributed by atoms with E-state index in [2.05, 4.69) is 26.6 Å². The van der Waals surface area contributed by atoms with Gasteiger partial charge in [-0.3, -0.25) is 39.0 Å². The predicted molar refractivity (Wildman–Crippen MR) is 285 cm³/mol. The molecule has 0 aromatic carbocycles. The quantitative estimate of drug-likeness (QED) is 0.0160. The van der Waals surface area contributed by atoms with Crippen LogP contribution in [0.2, 0.25) is 0 Å². The number of hydrogen-bond acceptors (Lipinski definition) is 20. The van der Waals surface area contributed by atoms with Gasteiger partial charge in [0.05, 0.1) is 57.9 Å². The number of rotatable bonds is 47. The third kappa shape index (κ3) is 31.1. The van der Waals surface area contributed by atoms with Crippen molar-refractivity contribution in [2.75, 3.05) is 85.6 Å². The van der Waals surface area contributed by atoms with Gasteiger partial charge in [-0.2, -0.15) is 0 Å². The molecule has 3 rings (SSSR count). The van der Waals surface area contributed by atoms with E-state index in [1.165, 1.54) is 17.1 Å². The third-order valence-corrected chi connectivity index (χ3v) is 13.6. The Hall–Kier alpha value is -4.09. The molecule has 25 nitrogen and oxygen atoms in total. The average molecular weight is 1130 g/mol. The zero-order valence-electron chi connectivity index (χ0n) is 46.2. The van der Waals surface area contributed by atoms with E-state index in [1.54, 1.807) is 0 Å². The van der Waals surface area contributed by atoms with Gasteiger partial charge in [-0.05, 0) is 64.3 Å². The van der Waals surface area contributed by atoms with Crippen molar-refractivity contribution in [2.45, 2.75) is 197 Å².